The van der Waals surface area contributed by atoms with Crippen LogP contribution in [0.5, 0.6) is 5.75 Å². The van der Waals surface area contributed by atoms with Crippen molar-refractivity contribution in [1.82, 2.24) is 0 Å². The highest BCUT2D eigenvalue weighted by atomic mass is 79.9. The smallest absolute Gasteiger partial charge is 0.269 e. The van der Waals surface area contributed by atoms with Gasteiger partial charge in [0.1, 0.15) is 12.4 Å². The van der Waals surface area contributed by atoms with Crippen LogP contribution in [0.25, 0.3) is 6.08 Å². The zero-order valence-corrected chi connectivity index (χ0v) is 13.0. The summed E-state index contributed by atoms with van der Waals surface area (Å²) in [5.41, 5.74) is 1.48. The minimum atomic E-state index is -0.440. The van der Waals surface area contributed by atoms with E-state index >= 15 is 0 Å². The van der Waals surface area contributed by atoms with E-state index in [0.717, 1.165) is 10.0 Å². The topological polar surface area (TPSA) is 76.2 Å². The number of ether oxygens (including phenoxy) is 1. The second-order valence-corrected chi connectivity index (χ2v) is 5.28. The molecule has 0 aliphatic heterocycles. The maximum absolute atomic E-state index is 10.8. The van der Waals surface area contributed by atoms with Crippen LogP contribution in [0.3, 0.4) is 0 Å². The van der Waals surface area contributed by atoms with Gasteiger partial charge in [-0.05, 0) is 29.8 Å². The van der Waals surface area contributed by atoms with E-state index in [-0.39, 0.29) is 12.3 Å². The fourth-order valence-electron chi connectivity index (χ4n) is 1.83. The molecule has 0 spiro atoms. The lowest BCUT2D eigenvalue weighted by Gasteiger charge is -2.09. The van der Waals surface area contributed by atoms with E-state index in [1.165, 1.54) is 18.2 Å². The van der Waals surface area contributed by atoms with Gasteiger partial charge in [-0.2, -0.15) is 5.26 Å². The molecule has 5 nitrogen and oxygen atoms in total. The van der Waals surface area contributed by atoms with Gasteiger partial charge in [0, 0.05) is 28.2 Å². The fourth-order valence-corrected chi connectivity index (χ4v) is 2.21. The van der Waals surface area contributed by atoms with E-state index < -0.39 is 4.92 Å². The molecule has 0 amide bonds. The maximum atomic E-state index is 10.8. The van der Waals surface area contributed by atoms with Gasteiger partial charge >= 0.3 is 0 Å². The number of nitrogens with zero attached hydrogens (tertiary/aromatic N) is 2. The van der Waals surface area contributed by atoms with E-state index in [9.17, 15) is 10.1 Å². The second-order valence-electron chi connectivity index (χ2n) is 4.36. The zero-order valence-electron chi connectivity index (χ0n) is 11.4. The Morgan fingerprint density at radius 3 is 2.86 bits per heavy atom. The van der Waals surface area contributed by atoms with Crippen LogP contribution >= 0.6 is 15.9 Å². The first kappa shape index (κ1) is 15.7. The van der Waals surface area contributed by atoms with E-state index in [0.29, 0.717) is 11.3 Å². The average molecular weight is 359 g/mol. The standard InChI is InChI=1S/C16H11BrN2O3/c17-14-6-7-16(13(10-14)4-2-8-18)22-11-12-3-1-5-15(9-12)19(20)21/h1-7,9-10H,11H2. The van der Waals surface area contributed by atoms with Crippen LogP contribution in [-0.4, -0.2) is 4.92 Å². The van der Waals surface area contributed by atoms with Crippen LogP contribution < -0.4 is 4.74 Å². The molecule has 22 heavy (non-hydrogen) atoms. The normalized spacial score (nSPS) is 10.4. The van der Waals surface area contributed by atoms with Gasteiger partial charge in [0.25, 0.3) is 5.69 Å². The molecular formula is C16H11BrN2O3. The Morgan fingerprint density at radius 1 is 1.32 bits per heavy atom. The Bertz CT molecular complexity index is 766. The van der Waals surface area contributed by atoms with Crippen molar-refractivity contribution < 1.29 is 9.66 Å². The zero-order chi connectivity index (χ0) is 15.9. The number of nitro benzene ring substituents is 1. The Morgan fingerprint density at radius 2 is 2.14 bits per heavy atom. The molecule has 0 radical (unpaired) electrons. The third kappa shape index (κ3) is 4.17. The molecule has 0 aliphatic carbocycles. The number of nitro groups is 1. The van der Waals surface area contributed by atoms with Crippen molar-refractivity contribution in [3.8, 4) is 11.8 Å². The van der Waals surface area contributed by atoms with Crippen LogP contribution in [0, 0.1) is 21.4 Å². The molecule has 0 saturated carbocycles. The lowest BCUT2D eigenvalue weighted by Crippen LogP contribution is -1.98. The van der Waals surface area contributed by atoms with Crippen LogP contribution in [0.1, 0.15) is 11.1 Å². The van der Waals surface area contributed by atoms with Gasteiger partial charge in [0.15, 0.2) is 0 Å². The van der Waals surface area contributed by atoms with Gasteiger partial charge in [-0.25, -0.2) is 0 Å². The van der Waals surface area contributed by atoms with Crippen molar-refractivity contribution in [2.45, 2.75) is 6.61 Å². The number of allylic oxidation sites excluding steroid dienone is 1. The molecule has 0 bridgehead atoms. The number of non-ortho nitro benzene ring substituents is 1. The number of rotatable bonds is 5. The summed E-state index contributed by atoms with van der Waals surface area (Å²) < 4.78 is 6.57. The summed E-state index contributed by atoms with van der Waals surface area (Å²) in [6, 6.07) is 13.7. The lowest BCUT2D eigenvalue weighted by atomic mass is 10.2. The Hall–Kier alpha value is -2.65. The summed E-state index contributed by atoms with van der Waals surface area (Å²) in [6.45, 7) is 0.205. The molecule has 0 N–H and O–H groups in total. The molecule has 2 aromatic rings. The predicted molar refractivity (Wildman–Crippen MR) is 86.2 cm³/mol. The highest BCUT2D eigenvalue weighted by Crippen LogP contribution is 2.25. The maximum Gasteiger partial charge on any atom is 0.269 e. The quantitative estimate of drug-likeness (QED) is 0.448. The molecule has 0 unspecified atom stereocenters. The molecule has 0 heterocycles. The highest BCUT2D eigenvalue weighted by molar-refractivity contribution is 9.10. The molecule has 0 saturated heterocycles. The summed E-state index contributed by atoms with van der Waals surface area (Å²) in [5.74, 6) is 0.598. The van der Waals surface area contributed by atoms with Gasteiger partial charge in [0.05, 0.1) is 11.0 Å². The van der Waals surface area contributed by atoms with E-state index in [1.807, 2.05) is 18.2 Å². The highest BCUT2D eigenvalue weighted by Gasteiger charge is 2.07. The monoisotopic (exact) mass is 358 g/mol. The summed E-state index contributed by atoms with van der Waals surface area (Å²) in [4.78, 5) is 10.3. The summed E-state index contributed by atoms with van der Waals surface area (Å²) in [6.07, 6.45) is 3.01. The van der Waals surface area contributed by atoms with Crippen LogP contribution in [0.4, 0.5) is 5.69 Å². The third-order valence-corrected chi connectivity index (χ3v) is 3.32. The lowest BCUT2D eigenvalue weighted by molar-refractivity contribution is -0.384. The van der Waals surface area contributed by atoms with Gasteiger partial charge in [-0.1, -0.05) is 28.1 Å². The minimum Gasteiger partial charge on any atom is -0.488 e. The first-order chi connectivity index (χ1) is 10.6. The van der Waals surface area contributed by atoms with Crippen molar-refractivity contribution >= 4 is 27.7 Å². The number of halogens is 1. The van der Waals surface area contributed by atoms with Crippen molar-refractivity contribution in [1.29, 1.82) is 5.26 Å². The fraction of sp³-hybridized carbons (Fsp3) is 0.0625. The molecule has 0 atom stereocenters. The SMILES string of the molecule is N#CC=Cc1cc(Br)ccc1OCc1cccc([N+](=O)[O-])c1. The first-order valence-corrected chi connectivity index (χ1v) is 7.11. The van der Waals surface area contributed by atoms with Crippen molar-refractivity contribution in [2.24, 2.45) is 0 Å². The molecular weight excluding hydrogens is 348 g/mol. The van der Waals surface area contributed by atoms with E-state index in [2.05, 4.69) is 15.9 Å². The Labute approximate surface area is 135 Å². The van der Waals surface area contributed by atoms with E-state index in [1.54, 1.807) is 24.3 Å². The molecule has 2 aromatic carbocycles. The van der Waals surface area contributed by atoms with Crippen LogP contribution in [-0.2, 0) is 6.61 Å². The molecule has 0 fully saturated rings. The largest absolute Gasteiger partial charge is 0.488 e. The van der Waals surface area contributed by atoms with Gasteiger partial charge < -0.3 is 4.74 Å². The van der Waals surface area contributed by atoms with Crippen LogP contribution in [0.2, 0.25) is 0 Å². The second kappa shape index (κ2) is 7.38. The number of benzene rings is 2. The summed E-state index contributed by atoms with van der Waals surface area (Å²) >= 11 is 3.36. The number of hydrogen-bond donors (Lipinski definition) is 0. The summed E-state index contributed by atoms with van der Waals surface area (Å²) in [5, 5.41) is 19.4. The molecule has 2 rings (SSSR count). The Kier molecular flexibility index (Phi) is 5.28. The molecule has 0 aromatic heterocycles. The molecule has 6 heteroatoms. The Balaban J connectivity index is 2.18. The van der Waals surface area contributed by atoms with Crippen molar-refractivity contribution in [3.05, 3.63) is 74.3 Å². The van der Waals surface area contributed by atoms with Crippen molar-refractivity contribution in [3.63, 3.8) is 0 Å². The molecule has 0 aliphatic rings. The van der Waals surface area contributed by atoms with Gasteiger partial charge in [0.2, 0.25) is 0 Å². The van der Waals surface area contributed by atoms with Crippen molar-refractivity contribution in [2.75, 3.05) is 0 Å². The average Bonchev–Trinajstić information content (AvgIpc) is 2.52. The minimum absolute atomic E-state index is 0.0292. The predicted octanol–water partition coefficient (Wildman–Crippen LogP) is 4.47. The van der Waals surface area contributed by atoms with Gasteiger partial charge in [-0.15, -0.1) is 0 Å². The van der Waals surface area contributed by atoms with E-state index in [4.69, 9.17) is 10.00 Å². The first-order valence-electron chi connectivity index (χ1n) is 6.32. The summed E-state index contributed by atoms with van der Waals surface area (Å²) in [7, 11) is 0. The number of nitriles is 1. The van der Waals surface area contributed by atoms with Crippen LogP contribution in [0.15, 0.2) is 53.0 Å². The molecule has 110 valence electrons. The third-order valence-electron chi connectivity index (χ3n) is 2.82. The van der Waals surface area contributed by atoms with Gasteiger partial charge in [-0.3, -0.25) is 10.1 Å². The number of hydrogen-bond acceptors (Lipinski definition) is 4.